The molecule has 1 amide bonds. The molecule has 0 radical (unpaired) electrons. The maximum atomic E-state index is 10.7. The number of carbonyl (C=O) groups is 1. The van der Waals surface area contributed by atoms with Gasteiger partial charge in [-0.1, -0.05) is 0 Å². The van der Waals surface area contributed by atoms with E-state index in [-0.39, 0.29) is 5.91 Å². The van der Waals surface area contributed by atoms with Crippen LogP contribution in [0.4, 0.5) is 0 Å². The average molecular weight is 193 g/mol. The van der Waals surface area contributed by atoms with E-state index in [0.29, 0.717) is 5.88 Å². The van der Waals surface area contributed by atoms with Crippen molar-refractivity contribution in [1.29, 1.82) is 0 Å². The molecular weight excluding hydrogens is 182 g/mol. The number of aromatic nitrogens is 1. The second-order valence-electron chi connectivity index (χ2n) is 2.48. The third-order valence-corrected chi connectivity index (χ3v) is 1.54. The second kappa shape index (κ2) is 4.98. The number of carbonyl (C=O) groups excluding carboxylic acids is 1. The number of rotatable bonds is 3. The molecule has 0 aliphatic carbocycles. The van der Waals surface area contributed by atoms with E-state index in [4.69, 9.17) is 10.6 Å². The molecule has 0 unspecified atom stereocenters. The second-order valence-corrected chi connectivity index (χ2v) is 2.48. The molecule has 0 fully saturated rings. The fraction of sp³-hybridized carbons (Fsp3) is 0.111. The van der Waals surface area contributed by atoms with E-state index >= 15 is 0 Å². The number of hydrogen-bond acceptors (Lipinski definition) is 4. The fourth-order valence-electron chi connectivity index (χ4n) is 0.831. The number of amides is 1. The first kappa shape index (κ1) is 10.2. The number of hydrogen-bond donors (Lipinski definition) is 2. The molecule has 0 saturated heterocycles. The van der Waals surface area contributed by atoms with Crippen LogP contribution < -0.4 is 16.0 Å². The van der Waals surface area contributed by atoms with E-state index in [1.54, 1.807) is 31.5 Å². The van der Waals surface area contributed by atoms with Crippen LogP contribution in [0.3, 0.4) is 0 Å². The summed E-state index contributed by atoms with van der Waals surface area (Å²) in [6.45, 7) is 0. The highest BCUT2D eigenvalue weighted by Crippen LogP contribution is 2.07. The number of nitrogens with two attached hydrogens (primary N) is 1. The molecule has 0 aliphatic heterocycles. The highest BCUT2D eigenvalue weighted by atomic mass is 16.5. The molecule has 5 nitrogen and oxygen atoms in total. The van der Waals surface area contributed by atoms with Crippen molar-refractivity contribution in [3.05, 3.63) is 30.0 Å². The first-order valence-electron chi connectivity index (χ1n) is 3.95. The van der Waals surface area contributed by atoms with Gasteiger partial charge in [-0.25, -0.2) is 10.8 Å². The Morgan fingerprint density at radius 2 is 2.43 bits per heavy atom. The summed E-state index contributed by atoms with van der Waals surface area (Å²) in [6, 6.07) is 3.49. The molecule has 0 atom stereocenters. The Morgan fingerprint density at radius 1 is 1.64 bits per heavy atom. The smallest absolute Gasteiger partial charge is 0.257 e. The molecule has 0 aliphatic rings. The van der Waals surface area contributed by atoms with Gasteiger partial charge in [0.2, 0.25) is 5.88 Å². The van der Waals surface area contributed by atoms with Gasteiger partial charge in [-0.2, -0.15) is 0 Å². The summed E-state index contributed by atoms with van der Waals surface area (Å²) >= 11 is 0. The Morgan fingerprint density at radius 3 is 2.93 bits per heavy atom. The molecule has 0 bridgehead atoms. The number of pyridine rings is 1. The average Bonchev–Trinajstić information content (AvgIpc) is 2.26. The summed E-state index contributed by atoms with van der Waals surface area (Å²) in [6.07, 6.45) is 4.53. The highest BCUT2D eigenvalue weighted by Gasteiger charge is 1.93. The molecule has 1 aromatic heterocycles. The van der Waals surface area contributed by atoms with E-state index in [1.165, 1.54) is 6.08 Å². The van der Waals surface area contributed by atoms with Gasteiger partial charge < -0.3 is 4.74 Å². The number of nitrogens with zero attached hydrogens (tertiary/aromatic N) is 1. The summed E-state index contributed by atoms with van der Waals surface area (Å²) < 4.78 is 4.88. The van der Waals surface area contributed by atoms with Crippen molar-refractivity contribution in [2.24, 2.45) is 5.84 Å². The van der Waals surface area contributed by atoms with Crippen molar-refractivity contribution in [2.45, 2.75) is 0 Å². The van der Waals surface area contributed by atoms with Gasteiger partial charge in [0, 0.05) is 18.3 Å². The van der Waals surface area contributed by atoms with Gasteiger partial charge in [-0.15, -0.1) is 0 Å². The molecule has 5 heteroatoms. The molecule has 1 rings (SSSR count). The zero-order chi connectivity index (χ0) is 10.4. The maximum absolute atomic E-state index is 10.7. The van der Waals surface area contributed by atoms with Crippen molar-refractivity contribution < 1.29 is 9.53 Å². The molecule has 3 N–H and O–H groups in total. The van der Waals surface area contributed by atoms with Crippen LogP contribution in [0.2, 0.25) is 0 Å². The van der Waals surface area contributed by atoms with Crippen molar-refractivity contribution >= 4 is 12.0 Å². The first-order valence-corrected chi connectivity index (χ1v) is 3.95. The Labute approximate surface area is 81.6 Å². The minimum atomic E-state index is -0.360. The molecule has 0 aromatic carbocycles. The van der Waals surface area contributed by atoms with E-state index < -0.39 is 0 Å². The summed E-state index contributed by atoms with van der Waals surface area (Å²) in [4.78, 5) is 14.7. The molecular formula is C9H11N3O2. The van der Waals surface area contributed by atoms with Crippen LogP contribution in [0, 0.1) is 0 Å². The minimum absolute atomic E-state index is 0.360. The standard InChI is InChI=1S/C9H11N3O2/c1-14-9-5-3-7(6-11-9)2-4-8(13)12-10/h2-6H,10H2,1H3,(H,12,13)/b4-2+. The predicted octanol–water partition coefficient (Wildman–Crippen LogP) is 0.0933. The van der Waals surface area contributed by atoms with Crippen molar-refractivity contribution in [3.63, 3.8) is 0 Å². The van der Waals surface area contributed by atoms with Gasteiger partial charge in [-0.3, -0.25) is 10.2 Å². The lowest BCUT2D eigenvalue weighted by Crippen LogP contribution is -2.27. The van der Waals surface area contributed by atoms with Crippen LogP contribution >= 0.6 is 0 Å². The molecule has 14 heavy (non-hydrogen) atoms. The van der Waals surface area contributed by atoms with Crippen LogP contribution in [-0.2, 0) is 4.79 Å². The van der Waals surface area contributed by atoms with Crippen molar-refractivity contribution in [1.82, 2.24) is 10.4 Å². The zero-order valence-electron chi connectivity index (χ0n) is 7.73. The predicted molar refractivity (Wildman–Crippen MR) is 52.2 cm³/mol. The minimum Gasteiger partial charge on any atom is -0.481 e. The van der Waals surface area contributed by atoms with Crippen LogP contribution in [-0.4, -0.2) is 18.0 Å². The Bertz CT molecular complexity index is 332. The number of ether oxygens (including phenoxy) is 1. The highest BCUT2D eigenvalue weighted by molar-refractivity contribution is 5.91. The Hall–Kier alpha value is -1.88. The SMILES string of the molecule is COc1ccc(/C=C/C(=O)NN)cn1. The van der Waals surface area contributed by atoms with E-state index in [0.717, 1.165) is 5.56 Å². The van der Waals surface area contributed by atoms with Gasteiger partial charge in [0.15, 0.2) is 0 Å². The zero-order valence-corrected chi connectivity index (χ0v) is 7.73. The van der Waals surface area contributed by atoms with Gasteiger partial charge >= 0.3 is 0 Å². The largest absolute Gasteiger partial charge is 0.481 e. The van der Waals surface area contributed by atoms with Gasteiger partial charge in [0.05, 0.1) is 7.11 Å². The molecule has 74 valence electrons. The van der Waals surface area contributed by atoms with Gasteiger partial charge in [0.25, 0.3) is 5.91 Å². The Balaban J connectivity index is 2.68. The fourth-order valence-corrected chi connectivity index (χ4v) is 0.831. The monoisotopic (exact) mass is 193 g/mol. The van der Waals surface area contributed by atoms with Crippen LogP contribution in [0.1, 0.15) is 5.56 Å². The maximum Gasteiger partial charge on any atom is 0.257 e. The summed E-state index contributed by atoms with van der Waals surface area (Å²) in [7, 11) is 1.54. The van der Waals surface area contributed by atoms with E-state index in [1.807, 2.05) is 5.43 Å². The van der Waals surface area contributed by atoms with Crippen LogP contribution in [0.5, 0.6) is 5.88 Å². The summed E-state index contributed by atoms with van der Waals surface area (Å²) in [5.74, 6) is 5.07. The quantitative estimate of drug-likeness (QED) is 0.309. The molecule has 1 aromatic rings. The number of methoxy groups -OCH3 is 1. The lowest BCUT2D eigenvalue weighted by atomic mass is 10.2. The first-order chi connectivity index (χ1) is 6.76. The summed E-state index contributed by atoms with van der Waals surface area (Å²) in [5, 5.41) is 0. The van der Waals surface area contributed by atoms with Crippen molar-refractivity contribution in [2.75, 3.05) is 7.11 Å². The third kappa shape index (κ3) is 2.87. The normalized spacial score (nSPS) is 10.1. The molecule has 0 spiro atoms. The van der Waals surface area contributed by atoms with E-state index in [9.17, 15) is 4.79 Å². The van der Waals surface area contributed by atoms with E-state index in [2.05, 4.69) is 4.98 Å². The van der Waals surface area contributed by atoms with Crippen molar-refractivity contribution in [3.8, 4) is 5.88 Å². The van der Waals surface area contributed by atoms with Crippen LogP contribution in [0.15, 0.2) is 24.4 Å². The lowest BCUT2D eigenvalue weighted by molar-refractivity contribution is -0.116. The number of hydrazine groups is 1. The molecule has 0 saturated carbocycles. The lowest BCUT2D eigenvalue weighted by Gasteiger charge is -1.97. The van der Waals surface area contributed by atoms with Gasteiger partial charge in [0.1, 0.15) is 0 Å². The Kier molecular flexibility index (Phi) is 3.63. The summed E-state index contributed by atoms with van der Waals surface area (Å²) in [5.41, 5.74) is 2.79. The van der Waals surface area contributed by atoms with Gasteiger partial charge in [-0.05, 0) is 17.7 Å². The topological polar surface area (TPSA) is 77.2 Å². The third-order valence-electron chi connectivity index (χ3n) is 1.54. The molecule has 1 heterocycles. The van der Waals surface area contributed by atoms with Crippen LogP contribution in [0.25, 0.3) is 6.08 Å². The number of nitrogens with one attached hydrogen (secondary N) is 1.